The molecule has 3 heterocycles. The molecule has 0 saturated carbocycles. The van der Waals surface area contributed by atoms with Crippen molar-refractivity contribution in [3.63, 3.8) is 0 Å². The molecule has 0 fully saturated rings. The smallest absolute Gasteiger partial charge is 0.218 e. The van der Waals surface area contributed by atoms with Crippen LogP contribution in [0.25, 0.3) is 28.5 Å². The van der Waals surface area contributed by atoms with Crippen molar-refractivity contribution in [2.24, 2.45) is 0 Å². The lowest BCUT2D eigenvalue weighted by Crippen LogP contribution is -2.01. The van der Waals surface area contributed by atoms with E-state index in [9.17, 15) is 8.42 Å². The van der Waals surface area contributed by atoms with Crippen molar-refractivity contribution in [1.29, 1.82) is 0 Å². The number of rotatable bonds is 3. The van der Waals surface area contributed by atoms with Gasteiger partial charge in [0.2, 0.25) is 5.82 Å². The third-order valence-electron chi connectivity index (χ3n) is 3.65. The highest BCUT2D eigenvalue weighted by atomic mass is 32.2. The van der Waals surface area contributed by atoms with Gasteiger partial charge >= 0.3 is 0 Å². The van der Waals surface area contributed by atoms with Crippen LogP contribution >= 0.6 is 0 Å². The second-order valence-corrected chi connectivity index (χ2v) is 7.51. The van der Waals surface area contributed by atoms with Crippen LogP contribution in [0.4, 0.5) is 5.82 Å². The molecule has 0 atom stereocenters. The third-order valence-corrected chi connectivity index (χ3v) is 4.76. The number of hydrogen-bond acceptors (Lipinski definition) is 7. The second kappa shape index (κ2) is 5.42. The number of nitrogens with zero attached hydrogens (tertiary/aromatic N) is 4. The number of benzene rings is 1. The predicted octanol–water partition coefficient (Wildman–Crippen LogP) is 2.04. The molecule has 3 aromatic heterocycles. The average molecular weight is 355 g/mol. The normalized spacial score (nSPS) is 11.9. The number of nitrogens with two attached hydrogens (primary N) is 1. The van der Waals surface area contributed by atoms with Crippen LogP contribution in [0.5, 0.6) is 0 Å². The Labute approximate surface area is 142 Å². The van der Waals surface area contributed by atoms with Gasteiger partial charge in [-0.15, -0.1) is 5.10 Å². The molecule has 0 aliphatic heterocycles. The maximum atomic E-state index is 11.7. The number of nitrogen functional groups attached to an aromatic ring is 1. The molecule has 0 aliphatic carbocycles. The van der Waals surface area contributed by atoms with Crippen molar-refractivity contribution in [3.8, 4) is 22.8 Å². The monoisotopic (exact) mass is 355 g/mol. The molecule has 4 aromatic rings. The van der Waals surface area contributed by atoms with E-state index in [4.69, 9.17) is 10.2 Å². The highest BCUT2D eigenvalue weighted by Crippen LogP contribution is 2.24. The summed E-state index contributed by atoms with van der Waals surface area (Å²) in [5.74, 6) is 1.09. The van der Waals surface area contributed by atoms with Gasteiger partial charge in [0.25, 0.3) is 0 Å². The number of anilines is 1. The minimum absolute atomic E-state index is 0.188. The Morgan fingerprint density at radius 1 is 1.16 bits per heavy atom. The average Bonchev–Trinajstić information content (AvgIpc) is 3.23. The van der Waals surface area contributed by atoms with Gasteiger partial charge < -0.3 is 10.2 Å². The van der Waals surface area contributed by atoms with E-state index in [0.29, 0.717) is 28.5 Å². The zero-order chi connectivity index (χ0) is 17.6. The maximum Gasteiger partial charge on any atom is 0.218 e. The van der Waals surface area contributed by atoms with Gasteiger partial charge in [-0.1, -0.05) is 12.1 Å². The Bertz CT molecular complexity index is 1180. The van der Waals surface area contributed by atoms with Crippen LogP contribution in [-0.4, -0.2) is 34.3 Å². The minimum atomic E-state index is -3.32. The predicted molar refractivity (Wildman–Crippen MR) is 91.4 cm³/mol. The fraction of sp³-hybridized carbons (Fsp3) is 0.0625. The molecule has 0 unspecified atom stereocenters. The summed E-state index contributed by atoms with van der Waals surface area (Å²) in [5, 5.41) is 4.35. The topological polar surface area (TPSA) is 116 Å². The van der Waals surface area contributed by atoms with E-state index in [2.05, 4.69) is 15.1 Å². The lowest BCUT2D eigenvalue weighted by molar-refractivity contribution is 0.577. The summed E-state index contributed by atoms with van der Waals surface area (Å²) in [7, 11) is -3.32. The van der Waals surface area contributed by atoms with Crippen molar-refractivity contribution in [1.82, 2.24) is 19.6 Å². The first-order valence-corrected chi connectivity index (χ1v) is 9.18. The van der Waals surface area contributed by atoms with E-state index in [-0.39, 0.29) is 10.7 Å². The van der Waals surface area contributed by atoms with Gasteiger partial charge in [0.15, 0.2) is 27.1 Å². The van der Waals surface area contributed by atoms with Gasteiger partial charge in [-0.2, -0.15) is 0 Å². The molecule has 25 heavy (non-hydrogen) atoms. The van der Waals surface area contributed by atoms with Crippen LogP contribution in [0.1, 0.15) is 0 Å². The van der Waals surface area contributed by atoms with E-state index < -0.39 is 9.84 Å². The second-order valence-electron chi connectivity index (χ2n) is 5.49. The lowest BCUT2D eigenvalue weighted by atomic mass is 10.2. The standard InChI is InChI=1S/C16H13N5O3S/c1-25(22,23)11-5-2-4-10(8-11)12-9-21-16(14(17)18-12)19-15(20-21)13-6-3-7-24-13/h2-9H,1H3,(H2,17,18). The van der Waals surface area contributed by atoms with Gasteiger partial charge in [-0.3, -0.25) is 0 Å². The van der Waals surface area contributed by atoms with E-state index in [1.807, 2.05) is 0 Å². The van der Waals surface area contributed by atoms with Crippen LogP contribution in [0.3, 0.4) is 0 Å². The van der Waals surface area contributed by atoms with Gasteiger partial charge in [-0.05, 0) is 24.3 Å². The SMILES string of the molecule is CS(=O)(=O)c1cccc(-c2cn3nc(-c4ccco4)nc3c(N)n2)c1. The third kappa shape index (κ3) is 2.74. The van der Waals surface area contributed by atoms with Crippen LogP contribution in [-0.2, 0) is 9.84 Å². The van der Waals surface area contributed by atoms with Gasteiger partial charge in [-0.25, -0.2) is 22.9 Å². The molecule has 9 heteroatoms. The van der Waals surface area contributed by atoms with Crippen molar-refractivity contribution >= 4 is 21.3 Å². The molecule has 0 radical (unpaired) electrons. The Morgan fingerprint density at radius 3 is 2.72 bits per heavy atom. The largest absolute Gasteiger partial charge is 0.461 e. The fourth-order valence-electron chi connectivity index (χ4n) is 2.45. The summed E-state index contributed by atoms with van der Waals surface area (Å²) in [6.45, 7) is 0. The molecule has 4 rings (SSSR count). The lowest BCUT2D eigenvalue weighted by Gasteiger charge is -2.05. The Balaban J connectivity index is 1.87. The van der Waals surface area contributed by atoms with Gasteiger partial charge in [0.05, 0.1) is 23.0 Å². The molecule has 1 aromatic carbocycles. The Hall–Kier alpha value is -3.20. The molecule has 0 saturated heterocycles. The van der Waals surface area contributed by atoms with E-state index in [1.54, 1.807) is 36.5 Å². The van der Waals surface area contributed by atoms with Crippen LogP contribution in [0.2, 0.25) is 0 Å². The van der Waals surface area contributed by atoms with E-state index in [0.717, 1.165) is 6.26 Å². The summed E-state index contributed by atoms with van der Waals surface area (Å²) in [6.07, 6.45) is 4.33. The summed E-state index contributed by atoms with van der Waals surface area (Å²) in [4.78, 5) is 8.85. The number of furan rings is 1. The van der Waals surface area contributed by atoms with E-state index >= 15 is 0 Å². The van der Waals surface area contributed by atoms with Crippen molar-refractivity contribution in [2.45, 2.75) is 4.90 Å². The molecule has 0 aliphatic rings. The number of aromatic nitrogens is 4. The summed E-state index contributed by atoms with van der Waals surface area (Å²) in [5.41, 5.74) is 7.51. The summed E-state index contributed by atoms with van der Waals surface area (Å²) >= 11 is 0. The number of hydrogen-bond donors (Lipinski definition) is 1. The highest BCUT2D eigenvalue weighted by molar-refractivity contribution is 7.90. The molecule has 8 nitrogen and oxygen atoms in total. The zero-order valence-electron chi connectivity index (χ0n) is 13.1. The first-order chi connectivity index (χ1) is 11.9. The summed E-state index contributed by atoms with van der Waals surface area (Å²) < 4.78 is 30.3. The van der Waals surface area contributed by atoms with Gasteiger partial charge in [0.1, 0.15) is 0 Å². The van der Waals surface area contributed by atoms with Crippen LogP contribution in [0, 0.1) is 0 Å². The minimum Gasteiger partial charge on any atom is -0.461 e. The zero-order valence-corrected chi connectivity index (χ0v) is 13.9. The number of fused-ring (bicyclic) bond motifs is 1. The Morgan fingerprint density at radius 2 is 2.00 bits per heavy atom. The highest BCUT2D eigenvalue weighted by Gasteiger charge is 2.15. The van der Waals surface area contributed by atoms with Gasteiger partial charge in [0, 0.05) is 11.8 Å². The molecule has 2 N–H and O–H groups in total. The molecule has 126 valence electrons. The molecule has 0 spiro atoms. The molecule has 0 bridgehead atoms. The molecule has 0 amide bonds. The van der Waals surface area contributed by atoms with Crippen molar-refractivity contribution in [2.75, 3.05) is 12.0 Å². The number of sulfone groups is 1. The van der Waals surface area contributed by atoms with E-state index in [1.165, 1.54) is 16.8 Å². The first kappa shape index (κ1) is 15.3. The first-order valence-electron chi connectivity index (χ1n) is 7.29. The quantitative estimate of drug-likeness (QED) is 0.597. The maximum absolute atomic E-state index is 11.7. The Kier molecular flexibility index (Phi) is 3.32. The summed E-state index contributed by atoms with van der Waals surface area (Å²) in [6, 6.07) is 9.98. The van der Waals surface area contributed by atoms with Crippen molar-refractivity contribution < 1.29 is 12.8 Å². The van der Waals surface area contributed by atoms with Crippen molar-refractivity contribution in [3.05, 3.63) is 48.9 Å². The van der Waals surface area contributed by atoms with Crippen LogP contribution < -0.4 is 5.73 Å². The molecular weight excluding hydrogens is 342 g/mol. The fourth-order valence-corrected chi connectivity index (χ4v) is 3.11. The molecular formula is C16H13N5O3S. The van der Waals surface area contributed by atoms with Crippen LogP contribution in [0.15, 0.2) is 58.2 Å².